The van der Waals surface area contributed by atoms with Crippen LogP contribution in [0.2, 0.25) is 0 Å². The summed E-state index contributed by atoms with van der Waals surface area (Å²) in [5, 5.41) is 21.7. The van der Waals surface area contributed by atoms with Crippen LogP contribution in [0.25, 0.3) is 11.5 Å². The summed E-state index contributed by atoms with van der Waals surface area (Å²) in [6, 6.07) is 3.07. The minimum atomic E-state index is -0.724. The van der Waals surface area contributed by atoms with Crippen molar-refractivity contribution in [1.82, 2.24) is 15.5 Å². The van der Waals surface area contributed by atoms with Crippen LogP contribution in [-0.2, 0) is 0 Å². The normalized spacial score (nSPS) is 12.3. The molecule has 1 heterocycles. The minimum absolute atomic E-state index is 0.0592. The molecule has 0 saturated heterocycles. The smallest absolute Gasteiger partial charge is 0.273 e. The van der Waals surface area contributed by atoms with Crippen LogP contribution in [0, 0.1) is 15.9 Å². The van der Waals surface area contributed by atoms with Crippen molar-refractivity contribution in [2.75, 3.05) is 6.54 Å². The first-order chi connectivity index (χ1) is 10.0. The zero-order chi connectivity index (χ0) is 15.4. The number of halogens is 1. The van der Waals surface area contributed by atoms with Crippen molar-refractivity contribution in [3.63, 3.8) is 0 Å². The van der Waals surface area contributed by atoms with Gasteiger partial charge in [0.05, 0.1) is 17.0 Å². The van der Waals surface area contributed by atoms with Gasteiger partial charge in [-0.2, -0.15) is 0 Å². The Labute approximate surface area is 120 Å². The molecule has 0 saturated carbocycles. The maximum Gasteiger partial charge on any atom is 0.273 e. The molecular formula is C13H15FN4O3. The number of nitrogens with one attached hydrogen (secondary N) is 1. The highest BCUT2D eigenvalue weighted by atomic mass is 19.1. The molecule has 0 fully saturated rings. The van der Waals surface area contributed by atoms with E-state index in [0.29, 0.717) is 5.89 Å². The molecule has 1 atom stereocenters. The van der Waals surface area contributed by atoms with E-state index >= 15 is 0 Å². The fraction of sp³-hybridized carbons (Fsp3) is 0.385. The van der Waals surface area contributed by atoms with Crippen LogP contribution in [0.1, 0.15) is 32.2 Å². The van der Waals surface area contributed by atoms with E-state index in [9.17, 15) is 14.5 Å². The van der Waals surface area contributed by atoms with E-state index in [1.807, 2.05) is 13.8 Å². The van der Waals surface area contributed by atoms with E-state index < -0.39 is 10.7 Å². The van der Waals surface area contributed by atoms with Gasteiger partial charge in [0.25, 0.3) is 5.69 Å². The number of nitrogens with zero attached hydrogens (tertiary/aromatic N) is 3. The van der Waals surface area contributed by atoms with Gasteiger partial charge in [0.2, 0.25) is 11.8 Å². The first-order valence-corrected chi connectivity index (χ1v) is 6.57. The highest BCUT2D eigenvalue weighted by Crippen LogP contribution is 2.26. The van der Waals surface area contributed by atoms with E-state index in [2.05, 4.69) is 15.5 Å². The molecule has 2 aromatic rings. The van der Waals surface area contributed by atoms with Gasteiger partial charge in [-0.05, 0) is 19.0 Å². The summed E-state index contributed by atoms with van der Waals surface area (Å²) >= 11 is 0. The average molecular weight is 294 g/mol. The fourth-order valence-corrected chi connectivity index (χ4v) is 1.95. The first-order valence-electron chi connectivity index (χ1n) is 6.57. The lowest BCUT2D eigenvalue weighted by Gasteiger charge is -2.09. The van der Waals surface area contributed by atoms with Gasteiger partial charge >= 0.3 is 0 Å². The van der Waals surface area contributed by atoms with Crippen molar-refractivity contribution >= 4 is 5.69 Å². The summed E-state index contributed by atoms with van der Waals surface area (Å²) in [5.41, 5.74) is -0.171. The van der Waals surface area contributed by atoms with Gasteiger partial charge in [0.15, 0.2) is 0 Å². The van der Waals surface area contributed by atoms with Gasteiger partial charge in [-0.1, -0.05) is 13.8 Å². The monoisotopic (exact) mass is 294 g/mol. The third-order valence-electron chi connectivity index (χ3n) is 2.94. The second kappa shape index (κ2) is 6.40. The SMILES string of the molecule is CCNC(CC)c1nnc(-c2cc(F)cc([N+](=O)[O-])c2)o1. The molecule has 1 N–H and O–H groups in total. The van der Waals surface area contributed by atoms with Crippen LogP contribution >= 0.6 is 0 Å². The molecule has 1 aromatic heterocycles. The van der Waals surface area contributed by atoms with Crippen molar-refractivity contribution < 1.29 is 13.7 Å². The van der Waals surface area contributed by atoms with E-state index in [1.165, 1.54) is 6.07 Å². The van der Waals surface area contributed by atoms with Crippen molar-refractivity contribution in [2.45, 2.75) is 26.3 Å². The van der Waals surface area contributed by atoms with Gasteiger partial charge in [-0.25, -0.2) is 4.39 Å². The zero-order valence-electron chi connectivity index (χ0n) is 11.7. The van der Waals surface area contributed by atoms with Crippen LogP contribution in [0.4, 0.5) is 10.1 Å². The number of rotatable bonds is 6. The Hall–Kier alpha value is -2.35. The standard InChI is InChI=1S/C13H15FN4O3/c1-3-11(15-4-2)13-17-16-12(21-13)8-5-9(14)7-10(6-8)18(19)20/h5-7,11,15H,3-4H2,1-2H3. The van der Waals surface area contributed by atoms with Gasteiger partial charge in [0.1, 0.15) is 5.82 Å². The van der Waals surface area contributed by atoms with E-state index in [4.69, 9.17) is 4.42 Å². The van der Waals surface area contributed by atoms with Crippen LogP contribution in [0.15, 0.2) is 22.6 Å². The molecule has 1 aromatic carbocycles. The number of hydrogen-bond acceptors (Lipinski definition) is 6. The molecule has 0 amide bonds. The van der Waals surface area contributed by atoms with Gasteiger partial charge in [0, 0.05) is 11.6 Å². The molecular weight excluding hydrogens is 279 g/mol. The Morgan fingerprint density at radius 3 is 2.76 bits per heavy atom. The van der Waals surface area contributed by atoms with Crippen LogP contribution in [-0.4, -0.2) is 21.7 Å². The Morgan fingerprint density at radius 2 is 2.14 bits per heavy atom. The Kier molecular flexibility index (Phi) is 4.59. The highest BCUT2D eigenvalue weighted by molar-refractivity contribution is 5.57. The highest BCUT2D eigenvalue weighted by Gasteiger charge is 2.19. The number of nitro benzene ring substituents is 1. The molecule has 7 nitrogen and oxygen atoms in total. The van der Waals surface area contributed by atoms with Gasteiger partial charge in [-0.15, -0.1) is 10.2 Å². The van der Waals surface area contributed by atoms with Crippen molar-refractivity contribution in [3.8, 4) is 11.5 Å². The summed E-state index contributed by atoms with van der Waals surface area (Å²) in [5.74, 6) is -0.289. The number of hydrogen-bond donors (Lipinski definition) is 1. The Bertz CT molecular complexity index is 644. The molecule has 2 rings (SSSR count). The van der Waals surface area contributed by atoms with Crippen molar-refractivity contribution in [1.29, 1.82) is 0 Å². The lowest BCUT2D eigenvalue weighted by Crippen LogP contribution is -2.20. The predicted molar refractivity (Wildman–Crippen MR) is 73.1 cm³/mol. The third-order valence-corrected chi connectivity index (χ3v) is 2.94. The summed E-state index contributed by atoms with van der Waals surface area (Å²) in [6.07, 6.45) is 0.749. The summed E-state index contributed by atoms with van der Waals surface area (Å²) < 4.78 is 18.9. The van der Waals surface area contributed by atoms with E-state index in [-0.39, 0.29) is 23.2 Å². The third kappa shape index (κ3) is 3.40. The first kappa shape index (κ1) is 15.0. The average Bonchev–Trinajstić information content (AvgIpc) is 2.93. The summed E-state index contributed by atoms with van der Waals surface area (Å²) in [7, 11) is 0. The zero-order valence-corrected chi connectivity index (χ0v) is 11.7. The molecule has 8 heteroatoms. The van der Waals surface area contributed by atoms with Crippen LogP contribution in [0.5, 0.6) is 0 Å². The number of non-ortho nitro benzene ring substituents is 1. The van der Waals surface area contributed by atoms with Crippen LogP contribution in [0.3, 0.4) is 0 Å². The Balaban J connectivity index is 2.35. The van der Waals surface area contributed by atoms with Gasteiger partial charge in [-0.3, -0.25) is 10.1 Å². The second-order valence-corrected chi connectivity index (χ2v) is 4.42. The summed E-state index contributed by atoms with van der Waals surface area (Å²) in [6.45, 7) is 4.65. The molecule has 1 unspecified atom stereocenters. The Morgan fingerprint density at radius 1 is 1.38 bits per heavy atom. The van der Waals surface area contributed by atoms with Crippen molar-refractivity contribution in [3.05, 3.63) is 40.0 Å². The molecule has 0 radical (unpaired) electrons. The second-order valence-electron chi connectivity index (χ2n) is 4.42. The lowest BCUT2D eigenvalue weighted by molar-refractivity contribution is -0.385. The minimum Gasteiger partial charge on any atom is -0.419 e. The largest absolute Gasteiger partial charge is 0.419 e. The molecule has 112 valence electrons. The molecule has 0 aliphatic heterocycles. The maximum atomic E-state index is 13.4. The van der Waals surface area contributed by atoms with E-state index in [1.54, 1.807) is 0 Å². The predicted octanol–water partition coefficient (Wildman–Crippen LogP) is 2.84. The fourth-order valence-electron chi connectivity index (χ4n) is 1.95. The number of aromatic nitrogens is 2. The maximum absolute atomic E-state index is 13.4. The molecule has 0 bridgehead atoms. The lowest BCUT2D eigenvalue weighted by atomic mass is 10.2. The van der Waals surface area contributed by atoms with Crippen molar-refractivity contribution in [2.24, 2.45) is 0 Å². The number of benzene rings is 1. The molecule has 0 aliphatic carbocycles. The molecule has 0 spiro atoms. The molecule has 21 heavy (non-hydrogen) atoms. The topological polar surface area (TPSA) is 94.1 Å². The number of nitro groups is 1. The van der Waals surface area contributed by atoms with Gasteiger partial charge < -0.3 is 9.73 Å². The van der Waals surface area contributed by atoms with E-state index in [0.717, 1.165) is 25.1 Å². The molecule has 0 aliphatic rings. The quantitative estimate of drug-likeness (QED) is 0.650. The van der Waals surface area contributed by atoms with Crippen LogP contribution < -0.4 is 5.32 Å². The summed E-state index contributed by atoms with van der Waals surface area (Å²) in [4.78, 5) is 10.1.